The average molecular weight is 304 g/mol. The number of ether oxygens (including phenoxy) is 1. The zero-order chi connectivity index (χ0) is 15.7. The van der Waals surface area contributed by atoms with Crippen LogP contribution in [-0.2, 0) is 4.74 Å². The fourth-order valence-electron chi connectivity index (χ4n) is 2.72. The van der Waals surface area contributed by atoms with Gasteiger partial charge in [-0.2, -0.15) is 5.10 Å². The quantitative estimate of drug-likeness (QED) is 0.944. The van der Waals surface area contributed by atoms with Crippen molar-refractivity contribution in [3.8, 4) is 11.1 Å². The van der Waals surface area contributed by atoms with Crippen molar-refractivity contribution in [1.29, 1.82) is 0 Å². The highest BCUT2D eigenvalue weighted by molar-refractivity contribution is 5.89. The zero-order valence-corrected chi connectivity index (χ0v) is 12.3. The highest BCUT2D eigenvalue weighted by atomic mass is 19.1. The Hall–Kier alpha value is -2.21. The van der Waals surface area contributed by atoms with E-state index in [1.54, 1.807) is 17.8 Å². The lowest BCUT2D eigenvalue weighted by atomic mass is 10.0. The summed E-state index contributed by atoms with van der Waals surface area (Å²) in [5, 5.41) is 13.3. The zero-order valence-electron chi connectivity index (χ0n) is 12.3. The predicted octanol–water partition coefficient (Wildman–Crippen LogP) is 3.39. The van der Waals surface area contributed by atoms with Crippen LogP contribution in [0.4, 0.5) is 4.39 Å². The van der Waals surface area contributed by atoms with Crippen molar-refractivity contribution in [3.05, 3.63) is 41.5 Å². The van der Waals surface area contributed by atoms with E-state index in [0.29, 0.717) is 11.1 Å². The number of carbonyl (C=O) groups is 1. The van der Waals surface area contributed by atoms with Crippen molar-refractivity contribution in [2.24, 2.45) is 0 Å². The Labute approximate surface area is 127 Å². The molecule has 1 aromatic carbocycles. The van der Waals surface area contributed by atoms with E-state index in [-0.39, 0.29) is 11.8 Å². The van der Waals surface area contributed by atoms with E-state index in [9.17, 15) is 9.18 Å². The second-order valence-electron chi connectivity index (χ2n) is 5.48. The number of carboxylic acid groups (broad SMARTS) is 1. The first kappa shape index (κ1) is 14.7. The molecule has 2 aromatic rings. The average Bonchev–Trinajstić information content (AvgIpc) is 2.99. The molecule has 1 fully saturated rings. The summed E-state index contributed by atoms with van der Waals surface area (Å²) in [6.45, 7) is 2.48. The van der Waals surface area contributed by atoms with Crippen molar-refractivity contribution in [3.63, 3.8) is 0 Å². The van der Waals surface area contributed by atoms with Crippen molar-refractivity contribution in [2.45, 2.75) is 32.4 Å². The Kier molecular flexibility index (Phi) is 3.94. The monoisotopic (exact) mass is 304 g/mol. The molecule has 1 N–H and O–H groups in total. The summed E-state index contributed by atoms with van der Waals surface area (Å²) < 4.78 is 21.3. The fraction of sp³-hybridized carbons (Fsp3) is 0.375. The van der Waals surface area contributed by atoms with E-state index in [1.807, 2.05) is 6.20 Å². The lowest BCUT2D eigenvalue weighted by Crippen LogP contribution is -2.18. The van der Waals surface area contributed by atoms with Crippen molar-refractivity contribution in [2.75, 3.05) is 6.61 Å². The highest BCUT2D eigenvalue weighted by Crippen LogP contribution is 2.28. The number of aromatic nitrogens is 2. The molecule has 0 amide bonds. The summed E-state index contributed by atoms with van der Waals surface area (Å²) in [7, 11) is 0. The molecule has 1 aliphatic heterocycles. The van der Waals surface area contributed by atoms with Crippen LogP contribution in [-0.4, -0.2) is 27.5 Å². The summed E-state index contributed by atoms with van der Waals surface area (Å²) in [5.41, 5.74) is 1.78. The molecule has 0 aliphatic carbocycles. The molecule has 6 heteroatoms. The third kappa shape index (κ3) is 2.74. The van der Waals surface area contributed by atoms with Crippen molar-refractivity contribution in [1.82, 2.24) is 9.78 Å². The Morgan fingerprint density at radius 3 is 2.95 bits per heavy atom. The summed E-state index contributed by atoms with van der Waals surface area (Å²) in [5.74, 6) is -2.01. The van der Waals surface area contributed by atoms with Gasteiger partial charge in [0.15, 0.2) is 0 Å². The van der Waals surface area contributed by atoms with E-state index in [1.165, 1.54) is 12.1 Å². The lowest BCUT2D eigenvalue weighted by molar-refractivity contribution is -0.0394. The van der Waals surface area contributed by atoms with Crippen LogP contribution in [0.3, 0.4) is 0 Å². The first-order chi connectivity index (χ1) is 10.6. The molecule has 0 spiro atoms. The minimum atomic E-state index is -1.27. The largest absolute Gasteiger partial charge is 0.478 e. The standard InChI is InChI=1S/C16H17FN2O3/c1-10-6-13(16(20)21)14(17)7-12(10)11-8-18-19(9-11)15-4-2-3-5-22-15/h6-9,15H,2-5H2,1H3,(H,20,21). The van der Waals surface area contributed by atoms with Gasteiger partial charge in [-0.1, -0.05) is 0 Å². The van der Waals surface area contributed by atoms with Gasteiger partial charge in [0.1, 0.15) is 12.0 Å². The normalized spacial score (nSPS) is 18.4. The third-order valence-electron chi connectivity index (χ3n) is 3.91. The second kappa shape index (κ2) is 5.88. The minimum Gasteiger partial charge on any atom is -0.478 e. The van der Waals surface area contributed by atoms with Gasteiger partial charge < -0.3 is 9.84 Å². The Morgan fingerprint density at radius 2 is 2.27 bits per heavy atom. The summed E-state index contributed by atoms with van der Waals surface area (Å²) >= 11 is 0. The van der Waals surface area contributed by atoms with Gasteiger partial charge >= 0.3 is 5.97 Å². The van der Waals surface area contributed by atoms with Crippen LogP contribution < -0.4 is 0 Å². The van der Waals surface area contributed by atoms with Crippen LogP contribution in [0.25, 0.3) is 11.1 Å². The van der Waals surface area contributed by atoms with Crippen LogP contribution in [0.15, 0.2) is 24.5 Å². The molecule has 2 heterocycles. The number of nitrogens with zero attached hydrogens (tertiary/aromatic N) is 2. The maximum absolute atomic E-state index is 13.9. The molecule has 1 aromatic heterocycles. The highest BCUT2D eigenvalue weighted by Gasteiger charge is 2.19. The molecule has 3 rings (SSSR count). The van der Waals surface area contributed by atoms with E-state index in [4.69, 9.17) is 9.84 Å². The number of aromatic carboxylic acids is 1. The van der Waals surface area contributed by atoms with E-state index < -0.39 is 11.8 Å². The lowest BCUT2D eigenvalue weighted by Gasteiger charge is -2.22. The number of aryl methyl sites for hydroxylation is 1. The van der Waals surface area contributed by atoms with E-state index in [0.717, 1.165) is 31.4 Å². The molecule has 22 heavy (non-hydrogen) atoms. The molecule has 1 aliphatic rings. The summed E-state index contributed by atoms with van der Waals surface area (Å²) in [6.07, 6.45) is 6.46. The minimum absolute atomic E-state index is 0.0778. The van der Waals surface area contributed by atoms with Crippen molar-refractivity contribution >= 4 is 5.97 Å². The number of hydrogen-bond donors (Lipinski definition) is 1. The molecular weight excluding hydrogens is 287 g/mol. The van der Waals surface area contributed by atoms with E-state index >= 15 is 0 Å². The molecule has 116 valence electrons. The molecule has 0 bridgehead atoms. The van der Waals surface area contributed by atoms with Crippen molar-refractivity contribution < 1.29 is 19.0 Å². The van der Waals surface area contributed by atoms with Gasteiger partial charge in [-0.25, -0.2) is 13.9 Å². The first-order valence-electron chi connectivity index (χ1n) is 7.26. The molecule has 1 atom stereocenters. The number of rotatable bonds is 3. The first-order valence-corrected chi connectivity index (χ1v) is 7.26. The number of carboxylic acids is 1. The molecule has 1 saturated heterocycles. The van der Waals surface area contributed by atoms with Crippen LogP contribution >= 0.6 is 0 Å². The molecular formula is C16H17FN2O3. The van der Waals surface area contributed by atoms with Crippen LogP contribution in [0.1, 0.15) is 41.4 Å². The van der Waals surface area contributed by atoms with Gasteiger partial charge in [-0.15, -0.1) is 0 Å². The Bertz CT molecular complexity index is 705. The topological polar surface area (TPSA) is 64.3 Å². The van der Waals surface area contributed by atoms with Crippen LogP contribution in [0.2, 0.25) is 0 Å². The van der Waals surface area contributed by atoms with E-state index in [2.05, 4.69) is 5.10 Å². The van der Waals surface area contributed by atoms with Crippen LogP contribution in [0.5, 0.6) is 0 Å². The second-order valence-corrected chi connectivity index (χ2v) is 5.48. The molecule has 0 saturated carbocycles. The summed E-state index contributed by atoms with van der Waals surface area (Å²) in [6, 6.07) is 2.60. The fourth-order valence-corrected chi connectivity index (χ4v) is 2.72. The van der Waals surface area contributed by atoms with Gasteiger partial charge in [0.05, 0.1) is 11.8 Å². The van der Waals surface area contributed by atoms with Gasteiger partial charge in [0, 0.05) is 18.4 Å². The number of hydrogen-bond acceptors (Lipinski definition) is 3. The maximum atomic E-state index is 13.9. The van der Waals surface area contributed by atoms with Gasteiger partial charge in [-0.05, 0) is 49.4 Å². The number of halogens is 1. The van der Waals surface area contributed by atoms with Crippen LogP contribution in [0, 0.1) is 12.7 Å². The Morgan fingerprint density at radius 1 is 1.45 bits per heavy atom. The smallest absolute Gasteiger partial charge is 0.338 e. The molecule has 0 radical (unpaired) electrons. The molecule has 5 nitrogen and oxygen atoms in total. The predicted molar refractivity (Wildman–Crippen MR) is 78.2 cm³/mol. The van der Waals surface area contributed by atoms with Gasteiger partial charge in [-0.3, -0.25) is 0 Å². The van der Waals surface area contributed by atoms with Gasteiger partial charge in [0.2, 0.25) is 0 Å². The number of benzene rings is 1. The Balaban J connectivity index is 1.93. The SMILES string of the molecule is Cc1cc(C(=O)O)c(F)cc1-c1cnn(C2CCCCO2)c1. The molecule has 1 unspecified atom stereocenters. The maximum Gasteiger partial charge on any atom is 0.338 e. The summed E-state index contributed by atoms with van der Waals surface area (Å²) in [4.78, 5) is 11.0. The van der Waals surface area contributed by atoms with Gasteiger partial charge in [0.25, 0.3) is 0 Å². The third-order valence-corrected chi connectivity index (χ3v) is 3.91.